The van der Waals surface area contributed by atoms with E-state index >= 15 is 0 Å². The van der Waals surface area contributed by atoms with Gasteiger partial charge in [-0.15, -0.1) is 0 Å². The van der Waals surface area contributed by atoms with Gasteiger partial charge in [-0.1, -0.05) is 23.7 Å². The summed E-state index contributed by atoms with van der Waals surface area (Å²) in [6.45, 7) is 3.81. The number of benzene rings is 2. The fourth-order valence-corrected chi connectivity index (χ4v) is 3.56. The molecule has 0 bridgehead atoms. The first-order valence-corrected chi connectivity index (χ1v) is 10.5. The molecule has 2 aromatic rings. The normalized spacial score (nSPS) is 13.3. The molecule has 1 aliphatic rings. The highest BCUT2D eigenvalue weighted by Gasteiger charge is 2.19. The van der Waals surface area contributed by atoms with E-state index in [9.17, 15) is 9.59 Å². The van der Waals surface area contributed by atoms with Crippen molar-refractivity contribution < 1.29 is 19.1 Å². The van der Waals surface area contributed by atoms with Gasteiger partial charge in [0.25, 0.3) is 0 Å². The number of hydrogen-bond donors (Lipinski definition) is 2. The number of urea groups is 1. The molecule has 2 N–H and O–H groups in total. The lowest BCUT2D eigenvalue weighted by Crippen LogP contribution is -2.32. The van der Waals surface area contributed by atoms with Crippen LogP contribution in [0.3, 0.4) is 0 Å². The molecule has 0 aromatic heterocycles. The van der Waals surface area contributed by atoms with Gasteiger partial charge in [0.1, 0.15) is 0 Å². The highest BCUT2D eigenvalue weighted by Crippen LogP contribution is 2.36. The molecule has 8 heteroatoms. The topological polar surface area (TPSA) is 79.9 Å². The first kappa shape index (κ1) is 22.5. The Morgan fingerprint density at radius 2 is 1.81 bits per heavy atom. The SMILES string of the molecule is CCOc1c(Cl)cc(C=CC(=O)Nc2ccccc2NC(=O)N2CCCC2)cc1OC. The Balaban J connectivity index is 1.69. The van der Waals surface area contributed by atoms with Gasteiger partial charge in [-0.3, -0.25) is 4.79 Å². The van der Waals surface area contributed by atoms with Crippen molar-refractivity contribution in [1.82, 2.24) is 4.90 Å². The Kier molecular flexibility index (Phi) is 7.78. The maximum atomic E-state index is 12.5. The van der Waals surface area contributed by atoms with E-state index in [1.807, 2.05) is 6.92 Å². The molecule has 0 atom stereocenters. The summed E-state index contributed by atoms with van der Waals surface area (Å²) in [5.74, 6) is 0.618. The molecule has 0 aliphatic carbocycles. The lowest BCUT2D eigenvalue weighted by molar-refractivity contribution is -0.111. The number of carbonyl (C=O) groups excluding carboxylic acids is 2. The van der Waals surface area contributed by atoms with Crippen molar-refractivity contribution in [3.63, 3.8) is 0 Å². The van der Waals surface area contributed by atoms with Crippen LogP contribution in [0, 0.1) is 0 Å². The van der Waals surface area contributed by atoms with Gasteiger partial charge in [0.15, 0.2) is 11.5 Å². The van der Waals surface area contributed by atoms with E-state index in [1.165, 1.54) is 13.2 Å². The zero-order valence-electron chi connectivity index (χ0n) is 17.6. The van der Waals surface area contributed by atoms with Crippen LogP contribution in [0.15, 0.2) is 42.5 Å². The van der Waals surface area contributed by atoms with Crippen LogP contribution < -0.4 is 20.1 Å². The Labute approximate surface area is 187 Å². The molecular weight excluding hydrogens is 418 g/mol. The van der Waals surface area contributed by atoms with Gasteiger partial charge in [0.05, 0.1) is 30.1 Å². The summed E-state index contributed by atoms with van der Waals surface area (Å²) < 4.78 is 10.8. The average Bonchev–Trinajstić information content (AvgIpc) is 3.30. The number of amides is 3. The summed E-state index contributed by atoms with van der Waals surface area (Å²) in [4.78, 5) is 26.6. The van der Waals surface area contributed by atoms with Gasteiger partial charge in [-0.25, -0.2) is 4.79 Å². The second kappa shape index (κ2) is 10.7. The summed E-state index contributed by atoms with van der Waals surface area (Å²) in [7, 11) is 1.53. The van der Waals surface area contributed by atoms with Gasteiger partial charge >= 0.3 is 6.03 Å². The first-order chi connectivity index (χ1) is 15.0. The standard InChI is InChI=1S/C23H26ClN3O4/c1-3-31-22-17(24)14-16(15-20(22)30-2)10-11-21(28)25-18-8-4-5-9-19(18)26-23(29)27-12-6-7-13-27/h4-5,8-11,14-15H,3,6-7,12-13H2,1-2H3,(H,25,28)(H,26,29). The maximum absolute atomic E-state index is 12.5. The number of nitrogens with zero attached hydrogens (tertiary/aromatic N) is 1. The van der Waals surface area contributed by atoms with Crippen LogP contribution in [0.2, 0.25) is 5.02 Å². The van der Waals surface area contributed by atoms with Gasteiger partial charge in [-0.05, 0) is 55.7 Å². The number of methoxy groups -OCH3 is 1. The number of nitrogens with one attached hydrogen (secondary N) is 2. The van der Waals surface area contributed by atoms with Gasteiger partial charge < -0.3 is 25.0 Å². The van der Waals surface area contributed by atoms with Crippen LogP contribution in [0.5, 0.6) is 11.5 Å². The van der Waals surface area contributed by atoms with E-state index in [0.29, 0.717) is 40.1 Å². The molecule has 164 valence electrons. The number of carbonyl (C=O) groups is 2. The van der Waals surface area contributed by atoms with E-state index in [2.05, 4.69) is 10.6 Å². The molecule has 1 fully saturated rings. The van der Waals surface area contributed by atoms with Gasteiger partial charge in [0.2, 0.25) is 5.91 Å². The Morgan fingerprint density at radius 3 is 2.45 bits per heavy atom. The van der Waals surface area contributed by atoms with Crippen molar-refractivity contribution in [3.8, 4) is 11.5 Å². The summed E-state index contributed by atoms with van der Waals surface area (Å²) >= 11 is 6.28. The van der Waals surface area contributed by atoms with Gasteiger partial charge in [0, 0.05) is 19.2 Å². The number of hydrogen-bond acceptors (Lipinski definition) is 4. The third-order valence-corrected chi connectivity index (χ3v) is 5.07. The Morgan fingerprint density at radius 1 is 1.13 bits per heavy atom. The fourth-order valence-electron chi connectivity index (χ4n) is 3.28. The smallest absolute Gasteiger partial charge is 0.321 e. The monoisotopic (exact) mass is 443 g/mol. The van der Waals surface area contributed by atoms with Crippen molar-refractivity contribution in [2.24, 2.45) is 0 Å². The van der Waals surface area contributed by atoms with Gasteiger partial charge in [-0.2, -0.15) is 0 Å². The predicted octanol–water partition coefficient (Wildman–Crippen LogP) is 5.03. The zero-order valence-corrected chi connectivity index (χ0v) is 18.4. The van der Waals surface area contributed by atoms with Crippen LogP contribution in [-0.2, 0) is 4.79 Å². The van der Waals surface area contributed by atoms with E-state index in [-0.39, 0.29) is 11.9 Å². The summed E-state index contributed by atoms with van der Waals surface area (Å²) in [5.41, 5.74) is 1.76. The van der Waals surface area contributed by atoms with Crippen molar-refractivity contribution in [3.05, 3.63) is 53.1 Å². The van der Waals surface area contributed by atoms with Crippen LogP contribution >= 0.6 is 11.6 Å². The van der Waals surface area contributed by atoms with Crippen LogP contribution in [0.4, 0.5) is 16.2 Å². The molecule has 1 aliphatic heterocycles. The van der Waals surface area contributed by atoms with Crippen molar-refractivity contribution in [1.29, 1.82) is 0 Å². The zero-order chi connectivity index (χ0) is 22.2. The van der Waals surface area contributed by atoms with Crippen LogP contribution in [0.1, 0.15) is 25.3 Å². The second-order valence-electron chi connectivity index (χ2n) is 6.96. The number of rotatable bonds is 7. The third kappa shape index (κ3) is 5.92. The van der Waals surface area contributed by atoms with E-state index < -0.39 is 0 Å². The van der Waals surface area contributed by atoms with E-state index in [0.717, 1.165) is 25.9 Å². The van der Waals surface area contributed by atoms with Crippen LogP contribution in [0.25, 0.3) is 6.08 Å². The second-order valence-corrected chi connectivity index (χ2v) is 7.37. The third-order valence-electron chi connectivity index (χ3n) is 4.79. The number of ether oxygens (including phenoxy) is 2. The van der Waals surface area contributed by atoms with Crippen molar-refractivity contribution in [2.75, 3.05) is 37.4 Å². The molecule has 0 saturated carbocycles. The fraction of sp³-hybridized carbons (Fsp3) is 0.304. The van der Waals surface area contributed by atoms with E-state index in [1.54, 1.807) is 47.4 Å². The Hall–Kier alpha value is -3.19. The summed E-state index contributed by atoms with van der Waals surface area (Å²) in [5, 5.41) is 6.08. The summed E-state index contributed by atoms with van der Waals surface area (Å²) in [6.07, 6.45) is 5.04. The molecule has 0 spiro atoms. The first-order valence-electron chi connectivity index (χ1n) is 10.2. The number of halogens is 1. The lowest BCUT2D eigenvalue weighted by atomic mass is 10.2. The molecule has 2 aromatic carbocycles. The minimum Gasteiger partial charge on any atom is -0.493 e. The average molecular weight is 444 g/mol. The molecule has 31 heavy (non-hydrogen) atoms. The highest BCUT2D eigenvalue weighted by atomic mass is 35.5. The van der Waals surface area contributed by atoms with Crippen LogP contribution in [-0.4, -0.2) is 43.6 Å². The molecule has 3 amide bonds. The predicted molar refractivity (Wildman–Crippen MR) is 123 cm³/mol. The Bertz CT molecular complexity index is 971. The molecule has 7 nitrogen and oxygen atoms in total. The molecule has 1 saturated heterocycles. The molecule has 0 unspecified atom stereocenters. The molecule has 3 rings (SSSR count). The molecular formula is C23H26ClN3O4. The van der Waals surface area contributed by atoms with Crippen molar-refractivity contribution in [2.45, 2.75) is 19.8 Å². The largest absolute Gasteiger partial charge is 0.493 e. The van der Waals surface area contributed by atoms with E-state index in [4.69, 9.17) is 21.1 Å². The lowest BCUT2D eigenvalue weighted by Gasteiger charge is -2.18. The minimum absolute atomic E-state index is 0.161. The molecule has 0 radical (unpaired) electrons. The molecule has 1 heterocycles. The number of para-hydroxylation sites is 2. The highest BCUT2D eigenvalue weighted by molar-refractivity contribution is 6.32. The van der Waals surface area contributed by atoms with Crippen molar-refractivity contribution >= 4 is 41.0 Å². The quantitative estimate of drug-likeness (QED) is 0.588. The number of likely N-dealkylation sites (tertiary alicyclic amines) is 1. The number of anilines is 2. The minimum atomic E-state index is -0.341. The maximum Gasteiger partial charge on any atom is 0.321 e. The summed E-state index contributed by atoms with van der Waals surface area (Å²) in [6, 6.07) is 10.4.